The van der Waals surface area contributed by atoms with Crippen molar-refractivity contribution in [3.8, 4) is 0 Å². The highest BCUT2D eigenvalue weighted by Gasteiger charge is 1.75. The Morgan fingerprint density at radius 1 is 1.38 bits per heavy atom. The average Bonchev–Trinajstić information content (AvgIpc) is 2.17. The van der Waals surface area contributed by atoms with Crippen molar-refractivity contribution in [2.24, 2.45) is 0 Å². The molecule has 0 atom stereocenters. The maximum Gasteiger partial charge on any atom is 0.0555 e. The van der Waals surface area contributed by atoms with Crippen LogP contribution in [0.2, 0.25) is 0 Å². The lowest BCUT2D eigenvalue weighted by molar-refractivity contribution is 0.194. The van der Waals surface area contributed by atoms with Crippen LogP contribution >= 0.6 is 0 Å². The normalized spacial score (nSPS) is 8.85. The number of unbranched alkanes of at least 4 members (excludes halogenated alkanes) is 1. The first kappa shape index (κ1) is 12.0. The van der Waals surface area contributed by atoms with E-state index in [0.717, 1.165) is 12.3 Å². The maximum atomic E-state index is 4.78. The second kappa shape index (κ2) is 9.13. The summed E-state index contributed by atoms with van der Waals surface area (Å²) in [6, 6.07) is 0. The zero-order valence-electron chi connectivity index (χ0n) is 8.66. The van der Waals surface area contributed by atoms with Gasteiger partial charge in [-0.2, -0.15) is 0 Å². The number of aromatic nitrogens is 2. The Bertz CT molecular complexity index is 185. The number of methoxy groups -OCH3 is 1. The highest BCUT2D eigenvalue weighted by molar-refractivity contribution is 4.88. The minimum absolute atomic E-state index is 0.913. The smallest absolute Gasteiger partial charge is 0.0555 e. The van der Waals surface area contributed by atoms with Crippen molar-refractivity contribution in [3.05, 3.63) is 24.3 Å². The molecule has 0 aliphatic carbocycles. The molecule has 0 amide bonds. The van der Waals surface area contributed by atoms with Gasteiger partial charge in [0.15, 0.2) is 0 Å². The summed E-state index contributed by atoms with van der Waals surface area (Å²) < 4.78 is 4.78. The topological polar surface area (TPSA) is 35.0 Å². The van der Waals surface area contributed by atoms with E-state index in [2.05, 4.69) is 16.9 Å². The molecule has 1 aromatic rings. The molecule has 0 aromatic carbocycles. The van der Waals surface area contributed by atoms with E-state index in [9.17, 15) is 0 Å². The van der Waals surface area contributed by atoms with Gasteiger partial charge in [-0.15, -0.1) is 0 Å². The third-order valence-corrected chi connectivity index (χ3v) is 1.39. The molecular weight excluding hydrogens is 164 g/mol. The van der Waals surface area contributed by atoms with Crippen LogP contribution in [0.25, 0.3) is 0 Å². The van der Waals surface area contributed by atoms with Gasteiger partial charge in [0.2, 0.25) is 0 Å². The molecule has 0 saturated carbocycles. The minimum atomic E-state index is 0.913. The molecule has 3 heteroatoms. The number of ether oxygens (including phenoxy) is 1. The predicted octanol–water partition coefficient (Wildman–Crippen LogP) is 2.22. The summed E-state index contributed by atoms with van der Waals surface area (Å²) in [5.41, 5.74) is 0.961. The summed E-state index contributed by atoms with van der Waals surface area (Å²) in [7, 11) is 1.73. The average molecular weight is 182 g/mol. The quantitative estimate of drug-likeness (QED) is 0.672. The van der Waals surface area contributed by atoms with Gasteiger partial charge in [0.25, 0.3) is 0 Å². The summed E-state index contributed by atoms with van der Waals surface area (Å²) in [4.78, 5) is 7.74. The molecule has 0 aliphatic rings. The molecule has 0 fully saturated rings. The fraction of sp³-hybridized carbons (Fsp3) is 0.600. The van der Waals surface area contributed by atoms with Crippen molar-refractivity contribution in [2.45, 2.75) is 26.7 Å². The zero-order valence-corrected chi connectivity index (χ0v) is 8.66. The van der Waals surface area contributed by atoms with E-state index in [1.54, 1.807) is 25.7 Å². The second-order valence-corrected chi connectivity index (χ2v) is 2.69. The first-order chi connectivity index (χ1) is 6.31. The standard InChI is InChI=1S/C5H6N2.C5H12O/c1-5-4-6-2-3-7-5;1-3-4-5-6-2/h2-4H,1H3;3-5H2,1-2H3. The molecule has 0 radical (unpaired) electrons. The summed E-state index contributed by atoms with van der Waals surface area (Å²) >= 11 is 0. The number of nitrogens with zero attached hydrogens (tertiary/aromatic N) is 2. The lowest BCUT2D eigenvalue weighted by Gasteiger charge is -1.89. The largest absolute Gasteiger partial charge is 0.385 e. The van der Waals surface area contributed by atoms with Gasteiger partial charge in [-0.1, -0.05) is 13.3 Å². The molecular formula is C10H18N2O. The van der Waals surface area contributed by atoms with Crippen LogP contribution in [0.5, 0.6) is 0 Å². The Balaban J connectivity index is 0.000000226. The van der Waals surface area contributed by atoms with E-state index in [1.165, 1.54) is 12.8 Å². The molecule has 0 N–H and O–H groups in total. The van der Waals surface area contributed by atoms with Crippen LogP contribution in [-0.4, -0.2) is 23.7 Å². The SMILES string of the molecule is CCCCOC.Cc1cnccn1. The van der Waals surface area contributed by atoms with Crippen molar-refractivity contribution in [1.29, 1.82) is 0 Å². The lowest BCUT2D eigenvalue weighted by atomic mass is 10.4. The summed E-state index contributed by atoms with van der Waals surface area (Å²) in [5.74, 6) is 0. The second-order valence-electron chi connectivity index (χ2n) is 2.69. The van der Waals surface area contributed by atoms with Crippen LogP contribution in [0.4, 0.5) is 0 Å². The summed E-state index contributed by atoms with van der Waals surface area (Å²) in [5, 5.41) is 0. The van der Waals surface area contributed by atoms with Crippen LogP contribution in [-0.2, 0) is 4.74 Å². The molecule has 0 saturated heterocycles. The number of hydrogen-bond acceptors (Lipinski definition) is 3. The highest BCUT2D eigenvalue weighted by Crippen LogP contribution is 1.83. The Morgan fingerprint density at radius 2 is 2.15 bits per heavy atom. The first-order valence-corrected chi connectivity index (χ1v) is 4.52. The van der Waals surface area contributed by atoms with E-state index < -0.39 is 0 Å². The number of rotatable bonds is 3. The third kappa shape index (κ3) is 8.95. The molecule has 74 valence electrons. The van der Waals surface area contributed by atoms with E-state index >= 15 is 0 Å². The van der Waals surface area contributed by atoms with Gasteiger partial charge >= 0.3 is 0 Å². The number of hydrogen-bond donors (Lipinski definition) is 0. The summed E-state index contributed by atoms with van der Waals surface area (Å²) in [6.07, 6.45) is 7.48. The van der Waals surface area contributed by atoms with Gasteiger partial charge in [0, 0.05) is 32.3 Å². The molecule has 1 heterocycles. The zero-order chi connectivity index (χ0) is 9.94. The van der Waals surface area contributed by atoms with E-state index in [0.29, 0.717) is 0 Å². The van der Waals surface area contributed by atoms with Crippen LogP contribution in [0.1, 0.15) is 25.5 Å². The lowest BCUT2D eigenvalue weighted by Crippen LogP contribution is -1.84. The molecule has 13 heavy (non-hydrogen) atoms. The van der Waals surface area contributed by atoms with Crippen molar-refractivity contribution >= 4 is 0 Å². The Labute approximate surface area is 80.2 Å². The minimum Gasteiger partial charge on any atom is -0.385 e. The van der Waals surface area contributed by atoms with Gasteiger partial charge in [0.05, 0.1) is 5.69 Å². The van der Waals surface area contributed by atoms with E-state index in [-0.39, 0.29) is 0 Å². The highest BCUT2D eigenvalue weighted by atomic mass is 16.5. The monoisotopic (exact) mass is 182 g/mol. The fourth-order valence-corrected chi connectivity index (χ4v) is 0.662. The van der Waals surface area contributed by atoms with Gasteiger partial charge in [0.1, 0.15) is 0 Å². The van der Waals surface area contributed by atoms with Crippen LogP contribution in [0, 0.1) is 6.92 Å². The number of aryl methyl sites for hydroxylation is 1. The van der Waals surface area contributed by atoms with Crippen molar-refractivity contribution in [1.82, 2.24) is 9.97 Å². The van der Waals surface area contributed by atoms with Gasteiger partial charge < -0.3 is 4.74 Å². The fourth-order valence-electron chi connectivity index (χ4n) is 0.662. The Kier molecular flexibility index (Phi) is 8.46. The molecule has 0 spiro atoms. The van der Waals surface area contributed by atoms with Crippen LogP contribution in [0.15, 0.2) is 18.6 Å². The van der Waals surface area contributed by atoms with Crippen molar-refractivity contribution in [2.75, 3.05) is 13.7 Å². The maximum absolute atomic E-state index is 4.78. The predicted molar refractivity (Wildman–Crippen MR) is 53.6 cm³/mol. The van der Waals surface area contributed by atoms with Gasteiger partial charge in [-0.3, -0.25) is 9.97 Å². The van der Waals surface area contributed by atoms with Gasteiger partial charge in [-0.25, -0.2) is 0 Å². The third-order valence-electron chi connectivity index (χ3n) is 1.39. The van der Waals surface area contributed by atoms with E-state index in [4.69, 9.17) is 4.74 Å². The van der Waals surface area contributed by atoms with Gasteiger partial charge in [-0.05, 0) is 13.3 Å². The molecule has 0 aliphatic heterocycles. The first-order valence-electron chi connectivity index (χ1n) is 4.52. The molecule has 3 nitrogen and oxygen atoms in total. The molecule has 1 aromatic heterocycles. The summed E-state index contributed by atoms with van der Waals surface area (Å²) in [6.45, 7) is 4.97. The Morgan fingerprint density at radius 3 is 2.38 bits per heavy atom. The van der Waals surface area contributed by atoms with E-state index in [1.807, 2.05) is 6.92 Å². The molecule has 0 unspecified atom stereocenters. The van der Waals surface area contributed by atoms with Crippen LogP contribution in [0.3, 0.4) is 0 Å². The van der Waals surface area contributed by atoms with Crippen molar-refractivity contribution in [3.63, 3.8) is 0 Å². The Hall–Kier alpha value is -0.960. The molecule has 0 bridgehead atoms. The van der Waals surface area contributed by atoms with Crippen LogP contribution < -0.4 is 0 Å². The van der Waals surface area contributed by atoms with Crippen molar-refractivity contribution < 1.29 is 4.74 Å². The molecule has 1 rings (SSSR count).